The molecule has 0 aliphatic carbocycles. The average Bonchev–Trinajstić information content (AvgIpc) is 3.48. The van der Waals surface area contributed by atoms with E-state index in [1.807, 2.05) is 0 Å². The second-order valence-corrected chi connectivity index (χ2v) is 22.7. The normalized spacial score (nSPS) is 23.7. The SMILES string of the molecule is CCC=CCC=CCC=CCCCCCCCC(=O)OCC(COC1OC(COC2OC(CO)C(O)C(OC(=O)CCCCCCCCCCCCCCC)C2O)C(O)C(O)C1O)OC(=O)CCCCCCCCCCCCCCC. The van der Waals surface area contributed by atoms with Crippen LogP contribution >= 0.6 is 0 Å². The molecule has 0 aromatic carbocycles. The van der Waals surface area contributed by atoms with E-state index in [4.69, 9.17) is 33.2 Å². The summed E-state index contributed by atoms with van der Waals surface area (Å²) in [5.41, 5.74) is 0. The lowest BCUT2D eigenvalue weighted by Gasteiger charge is -2.43. The molecule has 81 heavy (non-hydrogen) atoms. The van der Waals surface area contributed by atoms with Crippen LogP contribution in [-0.4, -0.2) is 142 Å². The van der Waals surface area contributed by atoms with E-state index in [1.54, 1.807) is 0 Å². The molecule has 0 radical (unpaired) electrons. The maximum absolute atomic E-state index is 13.2. The molecule has 0 aromatic rings. The van der Waals surface area contributed by atoms with Crippen LogP contribution in [0.5, 0.6) is 0 Å². The van der Waals surface area contributed by atoms with Gasteiger partial charge < -0.3 is 63.8 Å². The molecule has 11 unspecified atom stereocenters. The topological polar surface area (TPSA) is 237 Å². The third kappa shape index (κ3) is 36.6. The van der Waals surface area contributed by atoms with Crippen molar-refractivity contribution in [3.05, 3.63) is 36.5 Å². The Kier molecular flexibility index (Phi) is 46.4. The van der Waals surface area contributed by atoms with Crippen molar-refractivity contribution >= 4 is 17.9 Å². The Labute approximate surface area is 489 Å². The number of aliphatic hydroxyl groups excluding tert-OH is 6. The fraction of sp³-hybridized carbons (Fsp3) is 0.862. The van der Waals surface area contributed by atoms with Crippen LogP contribution in [0.4, 0.5) is 0 Å². The lowest BCUT2D eigenvalue weighted by atomic mass is 9.98. The Morgan fingerprint density at radius 2 is 0.864 bits per heavy atom. The standard InChI is InChI=1S/C65H116O16/c1-4-7-10-13-16-19-22-25-26-29-30-33-36-39-42-45-55(67)75-49-52(78-56(68)46-43-40-37-34-31-27-23-20-17-14-11-8-5-2)50-76-64-61(73)60(72)58(70)54(80-64)51-77-65-62(74)63(59(71)53(48-66)79-65)81-57(69)47-44-41-38-35-32-28-24-21-18-15-12-9-6-3/h7,10,16,19,25-26,52-54,58-66,70-74H,4-6,8-9,11-15,17-18,20-24,27-51H2,1-3H3. The molecule has 472 valence electrons. The summed E-state index contributed by atoms with van der Waals surface area (Å²) in [5, 5.41) is 65.0. The van der Waals surface area contributed by atoms with Gasteiger partial charge in [-0.05, 0) is 51.4 Å². The van der Waals surface area contributed by atoms with Crippen LogP contribution in [0, 0.1) is 0 Å². The fourth-order valence-electron chi connectivity index (χ4n) is 10.2. The third-order valence-electron chi connectivity index (χ3n) is 15.4. The maximum Gasteiger partial charge on any atom is 0.306 e. The molecule has 0 amide bonds. The number of rotatable bonds is 52. The highest BCUT2D eigenvalue weighted by Gasteiger charge is 2.49. The van der Waals surface area contributed by atoms with Crippen LogP contribution < -0.4 is 0 Å². The molecule has 2 heterocycles. The molecule has 2 fully saturated rings. The number of aliphatic hydroxyl groups is 6. The van der Waals surface area contributed by atoms with Crippen molar-refractivity contribution in [3.8, 4) is 0 Å². The Morgan fingerprint density at radius 3 is 1.37 bits per heavy atom. The molecule has 6 N–H and O–H groups in total. The number of allylic oxidation sites excluding steroid dienone is 6. The van der Waals surface area contributed by atoms with Crippen LogP contribution in [0.2, 0.25) is 0 Å². The number of carbonyl (C=O) groups excluding carboxylic acids is 3. The first kappa shape index (κ1) is 74.3. The zero-order valence-corrected chi connectivity index (χ0v) is 50.8. The van der Waals surface area contributed by atoms with Crippen molar-refractivity contribution in [1.29, 1.82) is 0 Å². The van der Waals surface area contributed by atoms with E-state index in [0.717, 1.165) is 96.3 Å². The molecule has 2 aliphatic heterocycles. The number of esters is 3. The zero-order valence-electron chi connectivity index (χ0n) is 50.8. The minimum Gasteiger partial charge on any atom is -0.462 e. The van der Waals surface area contributed by atoms with Crippen molar-refractivity contribution in [2.75, 3.05) is 26.4 Å². The van der Waals surface area contributed by atoms with E-state index in [0.29, 0.717) is 19.3 Å². The van der Waals surface area contributed by atoms with Gasteiger partial charge in [-0.25, -0.2) is 0 Å². The molecule has 0 bridgehead atoms. The minimum atomic E-state index is -1.79. The van der Waals surface area contributed by atoms with E-state index in [1.165, 1.54) is 109 Å². The molecule has 0 spiro atoms. The van der Waals surface area contributed by atoms with E-state index >= 15 is 0 Å². The number of carbonyl (C=O) groups is 3. The lowest BCUT2D eigenvalue weighted by molar-refractivity contribution is -0.333. The molecule has 11 atom stereocenters. The van der Waals surface area contributed by atoms with Gasteiger partial charge >= 0.3 is 17.9 Å². The quantitative estimate of drug-likeness (QED) is 0.0144. The lowest BCUT2D eigenvalue weighted by Crippen LogP contribution is -2.62. The number of ether oxygens (including phenoxy) is 7. The van der Waals surface area contributed by atoms with Crippen molar-refractivity contribution in [2.24, 2.45) is 0 Å². The summed E-state index contributed by atoms with van der Waals surface area (Å²) >= 11 is 0. The van der Waals surface area contributed by atoms with Crippen LogP contribution in [-0.2, 0) is 47.5 Å². The first-order chi connectivity index (χ1) is 39.5. The summed E-state index contributed by atoms with van der Waals surface area (Å²) in [4.78, 5) is 39.0. The van der Waals surface area contributed by atoms with Gasteiger partial charge in [0, 0.05) is 19.3 Å². The van der Waals surface area contributed by atoms with Gasteiger partial charge in [0.2, 0.25) is 0 Å². The summed E-state index contributed by atoms with van der Waals surface area (Å²) < 4.78 is 40.0. The van der Waals surface area contributed by atoms with Crippen LogP contribution in [0.25, 0.3) is 0 Å². The Morgan fingerprint density at radius 1 is 0.432 bits per heavy atom. The molecular weight excluding hydrogens is 1040 g/mol. The van der Waals surface area contributed by atoms with Crippen LogP contribution in [0.15, 0.2) is 36.5 Å². The third-order valence-corrected chi connectivity index (χ3v) is 15.4. The highest BCUT2D eigenvalue weighted by molar-refractivity contribution is 5.70. The highest BCUT2D eigenvalue weighted by atomic mass is 16.7. The molecule has 0 saturated carbocycles. The largest absolute Gasteiger partial charge is 0.462 e. The van der Waals surface area contributed by atoms with E-state index in [-0.39, 0.29) is 25.9 Å². The predicted octanol–water partition coefficient (Wildman–Crippen LogP) is 12.2. The summed E-state index contributed by atoms with van der Waals surface area (Å²) in [6.45, 7) is 4.62. The second-order valence-electron chi connectivity index (χ2n) is 22.7. The van der Waals surface area contributed by atoms with Gasteiger partial charge in [-0.1, -0.05) is 231 Å². The van der Waals surface area contributed by atoms with Gasteiger partial charge in [0.25, 0.3) is 0 Å². The first-order valence-corrected chi connectivity index (χ1v) is 32.5. The molecule has 2 rings (SSSR count). The summed E-state index contributed by atoms with van der Waals surface area (Å²) in [6.07, 6.45) is 35.1. The summed E-state index contributed by atoms with van der Waals surface area (Å²) in [7, 11) is 0. The fourth-order valence-corrected chi connectivity index (χ4v) is 10.2. The summed E-state index contributed by atoms with van der Waals surface area (Å²) in [5.74, 6) is -1.58. The first-order valence-electron chi connectivity index (χ1n) is 32.5. The van der Waals surface area contributed by atoms with Crippen LogP contribution in [0.3, 0.4) is 0 Å². The van der Waals surface area contributed by atoms with Gasteiger partial charge in [0.15, 0.2) is 24.8 Å². The van der Waals surface area contributed by atoms with Crippen molar-refractivity contribution in [3.63, 3.8) is 0 Å². The van der Waals surface area contributed by atoms with Crippen molar-refractivity contribution in [1.82, 2.24) is 0 Å². The number of hydrogen-bond acceptors (Lipinski definition) is 16. The summed E-state index contributed by atoms with van der Waals surface area (Å²) in [6, 6.07) is 0. The Hall–Kier alpha value is -2.77. The predicted molar refractivity (Wildman–Crippen MR) is 317 cm³/mol. The van der Waals surface area contributed by atoms with E-state index in [9.17, 15) is 45.0 Å². The molecule has 2 aliphatic rings. The Bertz CT molecular complexity index is 1610. The van der Waals surface area contributed by atoms with Gasteiger partial charge in [-0.3, -0.25) is 14.4 Å². The van der Waals surface area contributed by atoms with Gasteiger partial charge in [0.05, 0.1) is 19.8 Å². The van der Waals surface area contributed by atoms with Crippen molar-refractivity contribution < 1.29 is 78.2 Å². The van der Waals surface area contributed by atoms with E-state index in [2.05, 4.69) is 57.2 Å². The van der Waals surface area contributed by atoms with Gasteiger partial charge in [-0.15, -0.1) is 0 Å². The monoisotopic (exact) mass is 1150 g/mol. The number of hydrogen-bond donors (Lipinski definition) is 6. The molecule has 16 heteroatoms. The van der Waals surface area contributed by atoms with Gasteiger partial charge in [0.1, 0.15) is 49.3 Å². The Balaban J connectivity index is 1.90. The second kappa shape index (κ2) is 50.5. The average molecular weight is 1150 g/mol. The zero-order chi connectivity index (χ0) is 59.0. The molecular formula is C65H116O16. The smallest absolute Gasteiger partial charge is 0.306 e. The maximum atomic E-state index is 13.2. The molecule has 0 aromatic heterocycles. The molecule has 2 saturated heterocycles. The number of unbranched alkanes of at least 4 members (excludes halogenated alkanes) is 29. The highest BCUT2D eigenvalue weighted by Crippen LogP contribution is 2.28. The van der Waals surface area contributed by atoms with Gasteiger partial charge in [-0.2, -0.15) is 0 Å². The van der Waals surface area contributed by atoms with Crippen molar-refractivity contribution in [2.45, 2.75) is 332 Å². The molecule has 16 nitrogen and oxygen atoms in total. The van der Waals surface area contributed by atoms with E-state index < -0.39 is 105 Å². The minimum absolute atomic E-state index is 0.0747. The van der Waals surface area contributed by atoms with Crippen LogP contribution in [0.1, 0.15) is 265 Å².